The average molecular weight is 342 g/mol. The van der Waals surface area contributed by atoms with Crippen LogP contribution in [-0.4, -0.2) is 21.0 Å². The van der Waals surface area contributed by atoms with Gasteiger partial charge in [0, 0.05) is 6.42 Å². The van der Waals surface area contributed by atoms with Crippen molar-refractivity contribution in [3.8, 4) is 0 Å². The summed E-state index contributed by atoms with van der Waals surface area (Å²) in [5.41, 5.74) is 0. The molecule has 1 fully saturated rings. The highest BCUT2D eigenvalue weighted by Gasteiger charge is 2.50. The van der Waals surface area contributed by atoms with Gasteiger partial charge in [0.05, 0.1) is 6.61 Å². The summed E-state index contributed by atoms with van der Waals surface area (Å²) in [5.74, 6) is 0. The average Bonchev–Trinajstić information content (AvgIpc) is 3.10. The molecule has 2 aromatic carbocycles. The molecular weight excluding hydrogens is 316 g/mol. The molecule has 1 atom stereocenters. The second-order valence-corrected chi connectivity index (χ2v) is 11.5. The van der Waals surface area contributed by atoms with Crippen molar-refractivity contribution in [3.05, 3.63) is 67.3 Å². The number of benzene rings is 2. The number of hydrogen-bond acceptors (Lipinski definition) is 3. The second kappa shape index (κ2) is 7.19. The van der Waals surface area contributed by atoms with Crippen molar-refractivity contribution in [3.63, 3.8) is 0 Å². The normalized spacial score (nSPS) is 18.7. The SMILES string of the molecule is CC(C)(C)[Si](OCC1C[CH]OO1)(c1ccccc1)c1ccccc1. The summed E-state index contributed by atoms with van der Waals surface area (Å²) >= 11 is 0. The Hall–Kier alpha value is -1.46. The molecule has 1 radical (unpaired) electrons. The van der Waals surface area contributed by atoms with E-state index in [0.717, 1.165) is 6.42 Å². The summed E-state index contributed by atoms with van der Waals surface area (Å²) < 4.78 is 6.76. The predicted octanol–water partition coefficient (Wildman–Crippen LogP) is 3.45. The third-order valence-corrected chi connectivity index (χ3v) is 9.53. The van der Waals surface area contributed by atoms with Crippen LogP contribution in [0.25, 0.3) is 0 Å². The molecule has 1 heterocycles. The fraction of sp³-hybridized carbons (Fsp3) is 0.350. The second-order valence-electron chi connectivity index (χ2n) is 7.19. The third kappa shape index (κ3) is 3.33. The zero-order chi connectivity index (χ0) is 17.0. The predicted molar refractivity (Wildman–Crippen MR) is 98.4 cm³/mol. The lowest BCUT2D eigenvalue weighted by molar-refractivity contribution is -0.261. The largest absolute Gasteiger partial charge is 0.405 e. The molecule has 127 valence electrons. The molecule has 2 aromatic rings. The Kier molecular flexibility index (Phi) is 5.20. The Balaban J connectivity index is 2.06. The number of hydrogen-bond donors (Lipinski definition) is 0. The molecule has 0 aliphatic carbocycles. The molecule has 0 aromatic heterocycles. The van der Waals surface area contributed by atoms with E-state index in [0.29, 0.717) is 6.61 Å². The Morgan fingerprint density at radius 2 is 1.50 bits per heavy atom. The minimum Gasteiger partial charge on any atom is -0.405 e. The lowest BCUT2D eigenvalue weighted by atomic mass is 10.2. The van der Waals surface area contributed by atoms with Crippen LogP contribution in [0.1, 0.15) is 27.2 Å². The molecule has 3 nitrogen and oxygen atoms in total. The van der Waals surface area contributed by atoms with Gasteiger partial charge < -0.3 is 4.43 Å². The van der Waals surface area contributed by atoms with Crippen LogP contribution in [0.3, 0.4) is 0 Å². The van der Waals surface area contributed by atoms with E-state index < -0.39 is 8.32 Å². The van der Waals surface area contributed by atoms with Crippen LogP contribution in [0.5, 0.6) is 0 Å². The minimum absolute atomic E-state index is 0.0150. The summed E-state index contributed by atoms with van der Waals surface area (Å²) in [5, 5.41) is 2.55. The summed E-state index contributed by atoms with van der Waals surface area (Å²) in [7, 11) is -2.47. The zero-order valence-electron chi connectivity index (χ0n) is 14.6. The van der Waals surface area contributed by atoms with Crippen molar-refractivity contribution >= 4 is 18.7 Å². The lowest BCUT2D eigenvalue weighted by Crippen LogP contribution is -2.67. The molecule has 1 aliphatic heterocycles. The first-order valence-electron chi connectivity index (χ1n) is 8.43. The molecule has 0 spiro atoms. The van der Waals surface area contributed by atoms with E-state index in [2.05, 4.69) is 81.4 Å². The maximum absolute atomic E-state index is 6.76. The quantitative estimate of drug-likeness (QED) is 0.616. The van der Waals surface area contributed by atoms with E-state index in [-0.39, 0.29) is 11.1 Å². The fourth-order valence-corrected chi connectivity index (χ4v) is 7.97. The highest BCUT2D eigenvalue weighted by molar-refractivity contribution is 6.99. The van der Waals surface area contributed by atoms with E-state index in [1.54, 1.807) is 6.61 Å². The Morgan fingerprint density at radius 3 is 1.92 bits per heavy atom. The van der Waals surface area contributed by atoms with Crippen LogP contribution in [0.2, 0.25) is 5.04 Å². The first kappa shape index (κ1) is 17.4. The molecular formula is C20H25O3Si. The van der Waals surface area contributed by atoms with Gasteiger partial charge in [-0.15, -0.1) is 0 Å². The molecule has 1 saturated heterocycles. The Bertz CT molecular complexity index is 591. The summed E-state index contributed by atoms with van der Waals surface area (Å²) in [6, 6.07) is 21.3. The van der Waals surface area contributed by atoms with Gasteiger partial charge in [-0.25, -0.2) is 9.78 Å². The molecule has 0 N–H and O–H groups in total. The maximum atomic E-state index is 6.76. The van der Waals surface area contributed by atoms with E-state index in [1.807, 2.05) is 0 Å². The van der Waals surface area contributed by atoms with Gasteiger partial charge in [0.1, 0.15) is 12.7 Å². The van der Waals surface area contributed by atoms with Gasteiger partial charge in [0.15, 0.2) is 0 Å². The first-order valence-corrected chi connectivity index (χ1v) is 10.3. The topological polar surface area (TPSA) is 27.7 Å². The maximum Gasteiger partial charge on any atom is 0.261 e. The van der Waals surface area contributed by atoms with Gasteiger partial charge in [-0.3, -0.25) is 0 Å². The molecule has 0 saturated carbocycles. The van der Waals surface area contributed by atoms with Crippen LogP contribution in [0.15, 0.2) is 60.7 Å². The fourth-order valence-electron chi connectivity index (χ4n) is 3.38. The summed E-state index contributed by atoms with van der Waals surface area (Å²) in [6.45, 7) is 9.05. The van der Waals surface area contributed by atoms with Crippen molar-refractivity contribution in [2.45, 2.75) is 38.3 Å². The summed E-state index contributed by atoms with van der Waals surface area (Å²) in [6.07, 6.45) is 0.727. The van der Waals surface area contributed by atoms with E-state index in [4.69, 9.17) is 14.2 Å². The van der Waals surface area contributed by atoms with Crippen molar-refractivity contribution in [2.24, 2.45) is 0 Å². The van der Waals surface area contributed by atoms with Gasteiger partial charge in [0.2, 0.25) is 0 Å². The molecule has 1 aliphatic rings. The van der Waals surface area contributed by atoms with Crippen molar-refractivity contribution in [1.29, 1.82) is 0 Å². The third-order valence-electron chi connectivity index (χ3n) is 4.52. The van der Waals surface area contributed by atoms with Gasteiger partial charge >= 0.3 is 0 Å². The molecule has 4 heteroatoms. The molecule has 0 amide bonds. The lowest BCUT2D eigenvalue weighted by Gasteiger charge is -2.43. The van der Waals surface area contributed by atoms with Crippen LogP contribution in [0, 0.1) is 6.61 Å². The van der Waals surface area contributed by atoms with Crippen LogP contribution in [-0.2, 0) is 14.2 Å². The Labute approximate surface area is 145 Å². The van der Waals surface area contributed by atoms with Gasteiger partial charge in [0.25, 0.3) is 8.32 Å². The van der Waals surface area contributed by atoms with E-state index in [1.165, 1.54) is 10.4 Å². The van der Waals surface area contributed by atoms with E-state index >= 15 is 0 Å². The molecule has 24 heavy (non-hydrogen) atoms. The van der Waals surface area contributed by atoms with Crippen LogP contribution in [0.4, 0.5) is 0 Å². The van der Waals surface area contributed by atoms with Crippen LogP contribution >= 0.6 is 0 Å². The van der Waals surface area contributed by atoms with Gasteiger partial charge in [-0.05, 0) is 15.4 Å². The van der Waals surface area contributed by atoms with Gasteiger partial charge in [-0.1, -0.05) is 81.4 Å². The molecule has 1 unspecified atom stereocenters. The highest BCUT2D eigenvalue weighted by Crippen LogP contribution is 2.37. The molecule has 0 bridgehead atoms. The van der Waals surface area contributed by atoms with Gasteiger partial charge in [-0.2, -0.15) is 0 Å². The monoisotopic (exact) mass is 341 g/mol. The summed E-state index contributed by atoms with van der Waals surface area (Å²) in [4.78, 5) is 10.2. The highest BCUT2D eigenvalue weighted by atomic mass is 28.4. The van der Waals surface area contributed by atoms with Crippen molar-refractivity contribution < 1.29 is 14.2 Å². The zero-order valence-corrected chi connectivity index (χ0v) is 15.6. The Morgan fingerprint density at radius 1 is 0.958 bits per heavy atom. The first-order chi connectivity index (χ1) is 11.5. The smallest absolute Gasteiger partial charge is 0.261 e. The number of rotatable bonds is 5. The van der Waals surface area contributed by atoms with Crippen molar-refractivity contribution in [1.82, 2.24) is 0 Å². The minimum atomic E-state index is -2.47. The van der Waals surface area contributed by atoms with Crippen LogP contribution < -0.4 is 10.4 Å². The van der Waals surface area contributed by atoms with E-state index in [9.17, 15) is 0 Å². The molecule has 3 rings (SSSR count). The standard InChI is InChI=1S/C20H25O3Si/c1-20(2,3)24(18-10-6-4-7-11-18,19-12-8-5-9-13-19)22-16-17-14-15-21-23-17/h4-13,15,17H,14,16H2,1-3H3. The van der Waals surface area contributed by atoms with Crippen molar-refractivity contribution in [2.75, 3.05) is 6.61 Å².